The monoisotopic (exact) mass is 231 g/mol. The Labute approximate surface area is 103 Å². The zero-order valence-corrected chi connectivity index (χ0v) is 10.5. The van der Waals surface area contributed by atoms with Crippen molar-refractivity contribution >= 4 is 11.5 Å². The lowest BCUT2D eigenvalue weighted by Crippen LogP contribution is -2.06. The van der Waals surface area contributed by atoms with Gasteiger partial charge in [-0.1, -0.05) is 11.6 Å². The first kappa shape index (κ1) is 12.0. The summed E-state index contributed by atoms with van der Waals surface area (Å²) in [4.78, 5) is 4.40. The zero-order valence-electron chi connectivity index (χ0n) is 10.5. The quantitative estimate of drug-likeness (QED) is 0.782. The molecule has 1 heterocycles. The number of nitrogens with one attached hydrogen (secondary N) is 1. The molecule has 1 aromatic heterocycles. The van der Waals surface area contributed by atoms with Crippen molar-refractivity contribution in [3.05, 3.63) is 29.5 Å². The molecular weight excluding hydrogens is 210 g/mol. The van der Waals surface area contributed by atoms with Gasteiger partial charge in [-0.15, -0.1) is 0 Å². The first-order valence-corrected chi connectivity index (χ1v) is 6.40. The van der Waals surface area contributed by atoms with Gasteiger partial charge in [-0.05, 0) is 51.2 Å². The minimum absolute atomic E-state index is 0.755. The second-order valence-corrected chi connectivity index (χ2v) is 4.66. The first-order chi connectivity index (χ1) is 8.25. The van der Waals surface area contributed by atoms with Crippen LogP contribution in [0.5, 0.6) is 0 Å². The van der Waals surface area contributed by atoms with Gasteiger partial charge >= 0.3 is 0 Å². The van der Waals surface area contributed by atoms with Gasteiger partial charge in [0.2, 0.25) is 0 Å². The van der Waals surface area contributed by atoms with Crippen LogP contribution in [0.25, 0.3) is 0 Å². The summed E-state index contributed by atoms with van der Waals surface area (Å²) in [5, 5.41) is 3.35. The van der Waals surface area contributed by atoms with Gasteiger partial charge in [-0.3, -0.25) is 0 Å². The molecule has 3 nitrogen and oxygen atoms in total. The van der Waals surface area contributed by atoms with E-state index in [1.807, 2.05) is 19.1 Å². The molecule has 1 aliphatic carbocycles. The van der Waals surface area contributed by atoms with Crippen molar-refractivity contribution in [2.45, 2.75) is 39.0 Å². The van der Waals surface area contributed by atoms with E-state index in [4.69, 9.17) is 5.73 Å². The predicted octanol–water partition coefficient (Wildman–Crippen LogP) is 3.27. The Morgan fingerprint density at radius 1 is 1.35 bits per heavy atom. The van der Waals surface area contributed by atoms with E-state index in [9.17, 15) is 0 Å². The summed E-state index contributed by atoms with van der Waals surface area (Å²) in [6, 6.07) is 3.85. The number of aromatic nitrogens is 1. The molecule has 0 atom stereocenters. The summed E-state index contributed by atoms with van der Waals surface area (Å²) in [7, 11) is 0. The molecule has 0 aliphatic heterocycles. The lowest BCUT2D eigenvalue weighted by Gasteiger charge is -2.13. The molecule has 3 heteroatoms. The van der Waals surface area contributed by atoms with Crippen molar-refractivity contribution in [1.29, 1.82) is 0 Å². The Hall–Kier alpha value is -1.51. The third-order valence-electron chi connectivity index (χ3n) is 3.26. The highest BCUT2D eigenvalue weighted by molar-refractivity contribution is 5.49. The number of nitrogen functional groups attached to an aromatic ring is 1. The third kappa shape index (κ3) is 3.48. The molecule has 2 rings (SSSR count). The van der Waals surface area contributed by atoms with Crippen LogP contribution in [0.4, 0.5) is 11.5 Å². The number of hydrogen-bond acceptors (Lipinski definition) is 3. The Bertz CT molecular complexity index is 410. The molecule has 0 spiro atoms. The SMILES string of the molecule is Cc1nc(NCCC2=CCCCC2)ccc1N. The molecule has 0 aromatic carbocycles. The number of rotatable bonds is 4. The average molecular weight is 231 g/mol. The number of anilines is 2. The predicted molar refractivity (Wildman–Crippen MR) is 73.0 cm³/mol. The Morgan fingerprint density at radius 2 is 2.24 bits per heavy atom. The van der Waals surface area contributed by atoms with Crippen molar-refractivity contribution in [2.75, 3.05) is 17.6 Å². The smallest absolute Gasteiger partial charge is 0.126 e. The minimum atomic E-state index is 0.755. The summed E-state index contributed by atoms with van der Waals surface area (Å²) in [5.74, 6) is 0.924. The largest absolute Gasteiger partial charge is 0.397 e. The molecule has 0 saturated carbocycles. The van der Waals surface area contributed by atoms with E-state index in [-0.39, 0.29) is 0 Å². The van der Waals surface area contributed by atoms with Crippen molar-refractivity contribution in [3.8, 4) is 0 Å². The van der Waals surface area contributed by atoms with E-state index >= 15 is 0 Å². The summed E-state index contributed by atoms with van der Waals surface area (Å²) in [6.07, 6.45) is 8.77. The van der Waals surface area contributed by atoms with Gasteiger partial charge in [0.15, 0.2) is 0 Å². The van der Waals surface area contributed by atoms with E-state index in [2.05, 4.69) is 16.4 Å². The summed E-state index contributed by atoms with van der Waals surface area (Å²) < 4.78 is 0. The van der Waals surface area contributed by atoms with Crippen LogP contribution >= 0.6 is 0 Å². The van der Waals surface area contributed by atoms with Crippen LogP contribution < -0.4 is 11.1 Å². The molecule has 1 aromatic rings. The fourth-order valence-corrected chi connectivity index (χ4v) is 2.15. The maximum atomic E-state index is 5.73. The fraction of sp³-hybridized carbons (Fsp3) is 0.500. The van der Waals surface area contributed by atoms with Crippen LogP contribution in [0.15, 0.2) is 23.8 Å². The van der Waals surface area contributed by atoms with Gasteiger partial charge in [0, 0.05) is 6.54 Å². The van der Waals surface area contributed by atoms with Gasteiger partial charge in [-0.25, -0.2) is 4.98 Å². The van der Waals surface area contributed by atoms with Crippen LogP contribution in [0.1, 0.15) is 37.8 Å². The molecule has 1 aliphatic rings. The average Bonchev–Trinajstić information content (AvgIpc) is 2.35. The van der Waals surface area contributed by atoms with E-state index in [0.717, 1.165) is 30.2 Å². The molecule has 3 N–H and O–H groups in total. The molecule has 92 valence electrons. The molecule has 0 unspecified atom stereocenters. The summed E-state index contributed by atoms with van der Waals surface area (Å²) >= 11 is 0. The number of nitrogens with two attached hydrogens (primary N) is 1. The maximum Gasteiger partial charge on any atom is 0.126 e. The summed E-state index contributed by atoms with van der Waals surface area (Å²) in [5.41, 5.74) is 8.98. The van der Waals surface area contributed by atoms with Crippen molar-refractivity contribution in [3.63, 3.8) is 0 Å². The van der Waals surface area contributed by atoms with Crippen LogP contribution in [0.3, 0.4) is 0 Å². The lowest BCUT2D eigenvalue weighted by atomic mass is 9.97. The zero-order chi connectivity index (χ0) is 12.1. The fourth-order valence-electron chi connectivity index (χ4n) is 2.15. The van der Waals surface area contributed by atoms with E-state index < -0.39 is 0 Å². The number of nitrogens with zero attached hydrogens (tertiary/aromatic N) is 1. The molecule has 0 saturated heterocycles. The Morgan fingerprint density at radius 3 is 2.94 bits per heavy atom. The van der Waals surface area contributed by atoms with Gasteiger partial charge in [0.1, 0.15) is 5.82 Å². The maximum absolute atomic E-state index is 5.73. The number of aryl methyl sites for hydroxylation is 1. The number of pyridine rings is 1. The third-order valence-corrected chi connectivity index (χ3v) is 3.26. The van der Waals surface area contributed by atoms with Crippen molar-refractivity contribution in [2.24, 2.45) is 0 Å². The van der Waals surface area contributed by atoms with Crippen molar-refractivity contribution in [1.82, 2.24) is 4.98 Å². The minimum Gasteiger partial charge on any atom is -0.397 e. The molecular formula is C14H21N3. The van der Waals surface area contributed by atoms with Crippen LogP contribution in [0.2, 0.25) is 0 Å². The summed E-state index contributed by atoms with van der Waals surface area (Å²) in [6.45, 7) is 2.90. The van der Waals surface area contributed by atoms with Gasteiger partial charge < -0.3 is 11.1 Å². The van der Waals surface area contributed by atoms with Crippen LogP contribution in [-0.2, 0) is 0 Å². The molecule has 17 heavy (non-hydrogen) atoms. The molecule has 0 fully saturated rings. The van der Waals surface area contributed by atoms with Crippen LogP contribution in [-0.4, -0.2) is 11.5 Å². The highest BCUT2D eigenvalue weighted by Crippen LogP contribution is 2.20. The van der Waals surface area contributed by atoms with E-state index in [0.29, 0.717) is 0 Å². The van der Waals surface area contributed by atoms with Crippen LogP contribution in [0, 0.1) is 6.92 Å². The highest BCUT2D eigenvalue weighted by atomic mass is 15.0. The molecule has 0 amide bonds. The second-order valence-electron chi connectivity index (χ2n) is 4.66. The van der Waals surface area contributed by atoms with E-state index in [1.165, 1.54) is 25.7 Å². The van der Waals surface area contributed by atoms with Gasteiger partial charge in [0.25, 0.3) is 0 Å². The standard InChI is InChI=1S/C14H21N3/c1-11-13(15)7-8-14(17-11)16-10-9-12-5-3-2-4-6-12/h5,7-8H,2-4,6,9-10,15H2,1H3,(H,16,17). The normalized spacial score (nSPS) is 15.5. The number of allylic oxidation sites excluding steroid dienone is 1. The molecule has 0 bridgehead atoms. The highest BCUT2D eigenvalue weighted by Gasteiger charge is 2.03. The van der Waals surface area contributed by atoms with Gasteiger partial charge in [0.05, 0.1) is 11.4 Å². The number of hydrogen-bond donors (Lipinski definition) is 2. The van der Waals surface area contributed by atoms with Gasteiger partial charge in [-0.2, -0.15) is 0 Å². The Balaban J connectivity index is 1.81. The second kappa shape index (κ2) is 5.71. The Kier molecular flexibility index (Phi) is 4.02. The lowest BCUT2D eigenvalue weighted by molar-refractivity contribution is 0.679. The van der Waals surface area contributed by atoms with E-state index in [1.54, 1.807) is 5.57 Å². The topological polar surface area (TPSA) is 50.9 Å². The molecule has 0 radical (unpaired) electrons. The first-order valence-electron chi connectivity index (χ1n) is 6.40. The van der Waals surface area contributed by atoms with Crippen molar-refractivity contribution < 1.29 is 0 Å².